The molecule has 4 amide bonds. The van der Waals surface area contributed by atoms with Crippen molar-refractivity contribution in [3.8, 4) is 11.3 Å². The number of rotatable bonds is 4. The fourth-order valence-corrected chi connectivity index (χ4v) is 4.92. The molecule has 1 aliphatic carbocycles. The summed E-state index contributed by atoms with van der Waals surface area (Å²) < 4.78 is 1.87. The first-order valence-corrected chi connectivity index (χ1v) is 10.7. The van der Waals surface area contributed by atoms with E-state index in [2.05, 4.69) is 15.7 Å². The number of urea groups is 1. The summed E-state index contributed by atoms with van der Waals surface area (Å²) in [4.78, 5) is 42.3. The van der Waals surface area contributed by atoms with Crippen LogP contribution in [0.25, 0.3) is 11.3 Å². The third-order valence-corrected chi connectivity index (χ3v) is 6.65. The quantitative estimate of drug-likeness (QED) is 0.751. The van der Waals surface area contributed by atoms with E-state index in [1.54, 1.807) is 11.3 Å². The van der Waals surface area contributed by atoms with Crippen LogP contribution in [0.1, 0.15) is 48.5 Å². The standard InChI is InChI=1S/C20H25N5O3S/c1-12-9-15(16-11-29-14(3)21-16)13(2)24(12)10-17(26)23-25-18(27)20(22-19(25)28)7-5-4-6-8-20/h9,11H,4-8,10H2,1-3H3,(H,22,28)(H,23,26). The summed E-state index contributed by atoms with van der Waals surface area (Å²) in [7, 11) is 0. The Balaban J connectivity index is 1.48. The number of imide groups is 1. The molecule has 1 saturated carbocycles. The van der Waals surface area contributed by atoms with E-state index in [1.807, 2.05) is 36.8 Å². The summed E-state index contributed by atoms with van der Waals surface area (Å²) >= 11 is 1.58. The Morgan fingerprint density at radius 1 is 1.24 bits per heavy atom. The van der Waals surface area contributed by atoms with Gasteiger partial charge in [-0.15, -0.1) is 11.3 Å². The van der Waals surface area contributed by atoms with E-state index < -0.39 is 17.5 Å². The van der Waals surface area contributed by atoms with Crippen LogP contribution in [0.5, 0.6) is 0 Å². The van der Waals surface area contributed by atoms with Crippen LogP contribution in [0.15, 0.2) is 11.4 Å². The summed E-state index contributed by atoms with van der Waals surface area (Å²) in [5.41, 5.74) is 5.36. The highest BCUT2D eigenvalue weighted by Gasteiger charge is 2.52. The Kier molecular flexibility index (Phi) is 4.94. The van der Waals surface area contributed by atoms with Crippen LogP contribution in [0.3, 0.4) is 0 Å². The molecule has 3 heterocycles. The van der Waals surface area contributed by atoms with Crippen molar-refractivity contribution in [1.29, 1.82) is 0 Å². The Morgan fingerprint density at radius 2 is 1.97 bits per heavy atom. The van der Waals surface area contributed by atoms with Gasteiger partial charge in [-0.05, 0) is 39.7 Å². The molecule has 0 radical (unpaired) electrons. The number of nitrogens with one attached hydrogen (secondary N) is 2. The van der Waals surface area contributed by atoms with Crippen molar-refractivity contribution in [3.63, 3.8) is 0 Å². The number of hydrogen-bond donors (Lipinski definition) is 2. The minimum absolute atomic E-state index is 0.0187. The highest BCUT2D eigenvalue weighted by Crippen LogP contribution is 2.33. The van der Waals surface area contributed by atoms with E-state index in [-0.39, 0.29) is 12.5 Å². The second-order valence-corrected chi connectivity index (χ2v) is 8.93. The second-order valence-electron chi connectivity index (χ2n) is 7.87. The SMILES string of the molecule is Cc1nc(-c2cc(C)n(CC(=O)NN3C(=O)NC4(CCCCC4)C3=O)c2C)cs1. The molecule has 29 heavy (non-hydrogen) atoms. The molecule has 0 aromatic carbocycles. The maximum atomic E-state index is 12.8. The Labute approximate surface area is 173 Å². The number of hydrazine groups is 1. The van der Waals surface area contributed by atoms with Gasteiger partial charge in [0.25, 0.3) is 11.8 Å². The summed E-state index contributed by atoms with van der Waals surface area (Å²) in [6.45, 7) is 5.84. The van der Waals surface area contributed by atoms with Crippen molar-refractivity contribution < 1.29 is 14.4 Å². The number of aromatic nitrogens is 2. The van der Waals surface area contributed by atoms with Gasteiger partial charge in [-0.1, -0.05) is 19.3 Å². The third-order valence-electron chi connectivity index (χ3n) is 5.88. The second kappa shape index (κ2) is 7.29. The molecule has 154 valence electrons. The molecule has 1 spiro atoms. The van der Waals surface area contributed by atoms with E-state index >= 15 is 0 Å². The Morgan fingerprint density at radius 3 is 2.62 bits per heavy atom. The molecule has 2 aromatic heterocycles. The van der Waals surface area contributed by atoms with E-state index in [1.165, 1.54) is 0 Å². The first-order valence-electron chi connectivity index (χ1n) is 9.86. The van der Waals surface area contributed by atoms with Crippen molar-refractivity contribution in [2.24, 2.45) is 0 Å². The fraction of sp³-hybridized carbons (Fsp3) is 0.500. The van der Waals surface area contributed by atoms with Crippen molar-refractivity contribution in [2.75, 3.05) is 0 Å². The number of carbonyl (C=O) groups is 3. The zero-order valence-corrected chi connectivity index (χ0v) is 17.7. The summed E-state index contributed by atoms with van der Waals surface area (Å²) in [5.74, 6) is -0.765. The third kappa shape index (κ3) is 3.43. The predicted octanol–water partition coefficient (Wildman–Crippen LogP) is 2.82. The number of aryl methyl sites for hydroxylation is 2. The summed E-state index contributed by atoms with van der Waals surface area (Å²) in [6.07, 6.45) is 4.10. The van der Waals surface area contributed by atoms with Crippen molar-refractivity contribution in [2.45, 2.75) is 65.0 Å². The number of nitrogens with zero attached hydrogens (tertiary/aromatic N) is 3. The van der Waals surface area contributed by atoms with E-state index in [0.717, 1.165) is 51.9 Å². The van der Waals surface area contributed by atoms with Gasteiger partial charge in [0, 0.05) is 22.3 Å². The van der Waals surface area contributed by atoms with Crippen LogP contribution in [0, 0.1) is 20.8 Å². The van der Waals surface area contributed by atoms with Gasteiger partial charge in [-0.2, -0.15) is 5.01 Å². The van der Waals surface area contributed by atoms with Gasteiger partial charge in [0.15, 0.2) is 0 Å². The Hall–Kier alpha value is -2.68. The molecule has 2 aromatic rings. The number of hydrogen-bond acceptors (Lipinski definition) is 5. The smallest absolute Gasteiger partial charge is 0.339 e. The molecule has 2 fully saturated rings. The maximum absolute atomic E-state index is 12.8. The molecule has 4 rings (SSSR count). The zero-order valence-electron chi connectivity index (χ0n) is 16.9. The molecule has 0 bridgehead atoms. The van der Waals surface area contributed by atoms with Gasteiger partial charge < -0.3 is 9.88 Å². The lowest BCUT2D eigenvalue weighted by atomic mass is 9.82. The van der Waals surface area contributed by atoms with Crippen LogP contribution in [-0.4, -0.2) is 37.9 Å². The number of amides is 4. The molecule has 0 atom stereocenters. The van der Waals surface area contributed by atoms with Crippen molar-refractivity contribution in [1.82, 2.24) is 25.3 Å². The largest absolute Gasteiger partial charge is 0.344 e. The first-order chi connectivity index (χ1) is 13.8. The topological polar surface area (TPSA) is 96.3 Å². The minimum atomic E-state index is -0.850. The lowest BCUT2D eigenvalue weighted by Gasteiger charge is -2.30. The molecular weight excluding hydrogens is 390 g/mol. The van der Waals surface area contributed by atoms with Gasteiger partial charge >= 0.3 is 6.03 Å². The summed E-state index contributed by atoms with van der Waals surface area (Å²) in [5, 5.41) is 6.63. The maximum Gasteiger partial charge on any atom is 0.344 e. The number of carbonyl (C=O) groups excluding carboxylic acids is 3. The van der Waals surface area contributed by atoms with E-state index in [9.17, 15) is 14.4 Å². The van der Waals surface area contributed by atoms with Gasteiger partial charge in [0.1, 0.15) is 12.1 Å². The first kappa shape index (κ1) is 19.6. The molecule has 2 aliphatic rings. The average Bonchev–Trinajstić information content (AvgIpc) is 3.30. The van der Waals surface area contributed by atoms with Gasteiger partial charge in [-0.3, -0.25) is 15.0 Å². The van der Waals surface area contributed by atoms with Crippen LogP contribution in [-0.2, 0) is 16.1 Å². The van der Waals surface area contributed by atoms with Gasteiger partial charge in [0.05, 0.1) is 10.7 Å². The highest BCUT2D eigenvalue weighted by atomic mass is 32.1. The minimum Gasteiger partial charge on any atom is -0.339 e. The van der Waals surface area contributed by atoms with Crippen LogP contribution < -0.4 is 10.7 Å². The van der Waals surface area contributed by atoms with Crippen LogP contribution in [0.4, 0.5) is 4.79 Å². The molecule has 9 heteroatoms. The van der Waals surface area contributed by atoms with Gasteiger partial charge in [-0.25, -0.2) is 9.78 Å². The molecule has 1 aliphatic heterocycles. The Bertz CT molecular complexity index is 986. The fourth-order valence-electron chi connectivity index (χ4n) is 4.31. The van der Waals surface area contributed by atoms with Crippen LogP contribution in [0.2, 0.25) is 0 Å². The molecule has 1 saturated heterocycles. The molecule has 0 unspecified atom stereocenters. The lowest BCUT2D eigenvalue weighted by Crippen LogP contribution is -2.51. The van der Waals surface area contributed by atoms with Crippen LogP contribution >= 0.6 is 11.3 Å². The lowest BCUT2D eigenvalue weighted by molar-refractivity contribution is -0.140. The normalized spacial score (nSPS) is 18.4. The van der Waals surface area contributed by atoms with Gasteiger partial charge in [0.2, 0.25) is 0 Å². The highest BCUT2D eigenvalue weighted by molar-refractivity contribution is 7.09. The number of thiazole rings is 1. The molecular formula is C20H25N5O3S. The molecule has 8 nitrogen and oxygen atoms in total. The average molecular weight is 416 g/mol. The molecule has 2 N–H and O–H groups in total. The predicted molar refractivity (Wildman–Crippen MR) is 109 cm³/mol. The monoisotopic (exact) mass is 415 g/mol. The summed E-state index contributed by atoms with van der Waals surface area (Å²) in [6, 6.07) is 1.45. The van der Waals surface area contributed by atoms with E-state index in [4.69, 9.17) is 0 Å². The van der Waals surface area contributed by atoms with Crippen molar-refractivity contribution in [3.05, 3.63) is 27.8 Å². The van der Waals surface area contributed by atoms with E-state index in [0.29, 0.717) is 12.8 Å². The zero-order chi connectivity index (χ0) is 20.8. The van der Waals surface area contributed by atoms with Crippen molar-refractivity contribution >= 4 is 29.2 Å².